The SMILES string of the molecule is CCN(Cc1ccc2c(c1)OCO2)C(=O)c1cccc(I)c1. The predicted octanol–water partition coefficient (Wildman–Crippen LogP) is 3.68. The summed E-state index contributed by atoms with van der Waals surface area (Å²) in [5.41, 5.74) is 1.75. The van der Waals surface area contributed by atoms with E-state index in [2.05, 4.69) is 22.6 Å². The number of fused-ring (bicyclic) bond motifs is 1. The highest BCUT2D eigenvalue weighted by Gasteiger charge is 2.17. The summed E-state index contributed by atoms with van der Waals surface area (Å²) in [5, 5.41) is 0. The third-order valence-electron chi connectivity index (χ3n) is 3.55. The van der Waals surface area contributed by atoms with Crippen LogP contribution in [0.1, 0.15) is 22.8 Å². The molecule has 0 fully saturated rings. The van der Waals surface area contributed by atoms with Crippen molar-refractivity contribution >= 4 is 28.5 Å². The van der Waals surface area contributed by atoms with Crippen LogP contribution in [-0.4, -0.2) is 24.1 Å². The second-order valence-corrected chi connectivity index (χ2v) is 6.26. The van der Waals surface area contributed by atoms with Gasteiger partial charge in [-0.2, -0.15) is 0 Å². The van der Waals surface area contributed by atoms with Crippen molar-refractivity contribution in [2.24, 2.45) is 0 Å². The number of benzene rings is 2. The Morgan fingerprint density at radius 2 is 2.00 bits per heavy atom. The van der Waals surface area contributed by atoms with Crippen LogP contribution in [-0.2, 0) is 6.54 Å². The summed E-state index contributed by atoms with van der Waals surface area (Å²) < 4.78 is 11.8. The van der Waals surface area contributed by atoms with Crippen LogP contribution in [0.4, 0.5) is 0 Å². The van der Waals surface area contributed by atoms with E-state index in [0.717, 1.165) is 26.2 Å². The maximum Gasteiger partial charge on any atom is 0.254 e. The molecule has 0 atom stereocenters. The molecule has 22 heavy (non-hydrogen) atoms. The summed E-state index contributed by atoms with van der Waals surface area (Å²) in [6.45, 7) is 3.45. The van der Waals surface area contributed by atoms with Crippen molar-refractivity contribution in [3.8, 4) is 11.5 Å². The minimum absolute atomic E-state index is 0.0404. The predicted molar refractivity (Wildman–Crippen MR) is 92.1 cm³/mol. The molecule has 0 bridgehead atoms. The topological polar surface area (TPSA) is 38.8 Å². The van der Waals surface area contributed by atoms with E-state index in [1.165, 1.54) is 0 Å². The minimum Gasteiger partial charge on any atom is -0.454 e. The van der Waals surface area contributed by atoms with Gasteiger partial charge in [0.25, 0.3) is 5.91 Å². The number of amides is 1. The van der Waals surface area contributed by atoms with Crippen LogP contribution in [0.15, 0.2) is 42.5 Å². The number of hydrogen-bond donors (Lipinski definition) is 0. The first-order chi connectivity index (χ1) is 10.7. The summed E-state index contributed by atoms with van der Waals surface area (Å²) >= 11 is 2.22. The molecule has 4 nitrogen and oxygen atoms in total. The molecule has 0 radical (unpaired) electrons. The van der Waals surface area contributed by atoms with Gasteiger partial charge in [0.15, 0.2) is 11.5 Å². The van der Waals surface area contributed by atoms with Crippen LogP contribution in [0.25, 0.3) is 0 Å². The molecule has 0 aliphatic carbocycles. The number of carbonyl (C=O) groups excluding carboxylic acids is 1. The molecule has 114 valence electrons. The number of hydrogen-bond acceptors (Lipinski definition) is 3. The summed E-state index contributed by atoms with van der Waals surface area (Å²) in [5.74, 6) is 1.55. The molecule has 0 saturated heterocycles. The van der Waals surface area contributed by atoms with Gasteiger partial charge in [0.1, 0.15) is 0 Å². The van der Waals surface area contributed by atoms with Crippen LogP contribution in [0.2, 0.25) is 0 Å². The average molecular weight is 409 g/mol. The first-order valence-corrected chi connectivity index (χ1v) is 8.18. The van der Waals surface area contributed by atoms with Crippen LogP contribution < -0.4 is 9.47 Å². The standard InChI is InChI=1S/C17H16INO3/c1-2-19(17(20)13-4-3-5-14(18)9-13)10-12-6-7-15-16(8-12)22-11-21-15/h3-9H,2,10-11H2,1H3. The maximum absolute atomic E-state index is 12.6. The van der Waals surface area contributed by atoms with E-state index < -0.39 is 0 Å². The maximum atomic E-state index is 12.6. The molecule has 0 spiro atoms. The lowest BCUT2D eigenvalue weighted by atomic mass is 10.1. The zero-order valence-electron chi connectivity index (χ0n) is 12.2. The van der Waals surface area contributed by atoms with Gasteiger partial charge in [-0.3, -0.25) is 4.79 Å². The van der Waals surface area contributed by atoms with Crippen molar-refractivity contribution in [1.82, 2.24) is 4.90 Å². The van der Waals surface area contributed by atoms with E-state index in [1.54, 1.807) is 0 Å². The number of ether oxygens (including phenoxy) is 2. The summed E-state index contributed by atoms with van der Waals surface area (Å²) in [6, 6.07) is 13.4. The molecule has 2 aromatic rings. The largest absolute Gasteiger partial charge is 0.454 e. The van der Waals surface area contributed by atoms with Gasteiger partial charge in [0, 0.05) is 22.2 Å². The molecule has 0 saturated carbocycles. The lowest BCUT2D eigenvalue weighted by molar-refractivity contribution is 0.0752. The van der Waals surface area contributed by atoms with Gasteiger partial charge in [0.2, 0.25) is 6.79 Å². The summed E-state index contributed by atoms with van der Waals surface area (Å²) in [6.07, 6.45) is 0. The smallest absolute Gasteiger partial charge is 0.254 e. The highest BCUT2D eigenvalue weighted by molar-refractivity contribution is 14.1. The normalized spacial score (nSPS) is 12.3. The van der Waals surface area contributed by atoms with Crippen molar-refractivity contribution in [2.45, 2.75) is 13.5 Å². The van der Waals surface area contributed by atoms with Gasteiger partial charge in [-0.25, -0.2) is 0 Å². The van der Waals surface area contributed by atoms with Crippen LogP contribution in [0.3, 0.4) is 0 Å². The molecular formula is C17H16INO3. The molecule has 0 N–H and O–H groups in total. The van der Waals surface area contributed by atoms with Crippen LogP contribution >= 0.6 is 22.6 Å². The Hall–Kier alpha value is -1.76. The van der Waals surface area contributed by atoms with Gasteiger partial charge in [0.05, 0.1) is 0 Å². The quantitative estimate of drug-likeness (QED) is 0.724. The van der Waals surface area contributed by atoms with E-state index in [-0.39, 0.29) is 12.7 Å². The van der Waals surface area contributed by atoms with Crippen molar-refractivity contribution in [2.75, 3.05) is 13.3 Å². The zero-order valence-corrected chi connectivity index (χ0v) is 14.4. The molecule has 5 heteroatoms. The Morgan fingerprint density at radius 3 is 2.77 bits per heavy atom. The lowest BCUT2D eigenvalue weighted by Gasteiger charge is -2.21. The van der Waals surface area contributed by atoms with E-state index in [0.29, 0.717) is 13.1 Å². The summed E-state index contributed by atoms with van der Waals surface area (Å²) in [7, 11) is 0. The van der Waals surface area contributed by atoms with Crippen molar-refractivity contribution in [3.63, 3.8) is 0 Å². The van der Waals surface area contributed by atoms with E-state index >= 15 is 0 Å². The highest BCUT2D eigenvalue weighted by Crippen LogP contribution is 2.32. The number of halogens is 1. The minimum atomic E-state index is 0.0404. The molecule has 2 aromatic carbocycles. The zero-order chi connectivity index (χ0) is 15.5. The van der Waals surface area contributed by atoms with Crippen LogP contribution in [0, 0.1) is 3.57 Å². The van der Waals surface area contributed by atoms with E-state index in [9.17, 15) is 4.79 Å². The van der Waals surface area contributed by atoms with Gasteiger partial charge < -0.3 is 14.4 Å². The Balaban J connectivity index is 1.78. The Kier molecular flexibility index (Phi) is 4.52. The Morgan fingerprint density at radius 1 is 1.18 bits per heavy atom. The fourth-order valence-corrected chi connectivity index (χ4v) is 2.93. The molecule has 1 heterocycles. The monoisotopic (exact) mass is 409 g/mol. The van der Waals surface area contributed by atoms with Crippen molar-refractivity contribution < 1.29 is 14.3 Å². The second kappa shape index (κ2) is 6.56. The van der Waals surface area contributed by atoms with Crippen LogP contribution in [0.5, 0.6) is 11.5 Å². The van der Waals surface area contributed by atoms with E-state index in [1.807, 2.05) is 54.3 Å². The average Bonchev–Trinajstić information content (AvgIpc) is 2.99. The molecule has 1 aliphatic rings. The van der Waals surface area contributed by atoms with Gasteiger partial charge in [-0.1, -0.05) is 12.1 Å². The Bertz CT molecular complexity index is 702. The van der Waals surface area contributed by atoms with Gasteiger partial charge in [-0.15, -0.1) is 0 Å². The van der Waals surface area contributed by atoms with Crippen molar-refractivity contribution in [1.29, 1.82) is 0 Å². The molecule has 1 amide bonds. The fourth-order valence-electron chi connectivity index (χ4n) is 2.39. The number of nitrogens with zero attached hydrogens (tertiary/aromatic N) is 1. The molecule has 0 aromatic heterocycles. The first-order valence-electron chi connectivity index (χ1n) is 7.10. The lowest BCUT2D eigenvalue weighted by Crippen LogP contribution is -2.30. The van der Waals surface area contributed by atoms with E-state index in [4.69, 9.17) is 9.47 Å². The third-order valence-corrected chi connectivity index (χ3v) is 4.22. The first kappa shape index (κ1) is 15.1. The third kappa shape index (κ3) is 3.19. The second-order valence-electron chi connectivity index (χ2n) is 5.02. The number of carbonyl (C=O) groups is 1. The highest BCUT2D eigenvalue weighted by atomic mass is 127. The molecule has 1 aliphatic heterocycles. The van der Waals surface area contributed by atoms with Gasteiger partial charge >= 0.3 is 0 Å². The molecular weight excluding hydrogens is 393 g/mol. The number of rotatable bonds is 4. The molecule has 3 rings (SSSR count). The van der Waals surface area contributed by atoms with Crippen molar-refractivity contribution in [3.05, 3.63) is 57.2 Å². The van der Waals surface area contributed by atoms with Gasteiger partial charge in [-0.05, 0) is 65.4 Å². The summed E-state index contributed by atoms with van der Waals surface area (Å²) in [4.78, 5) is 14.5. The molecule has 0 unspecified atom stereocenters. The fraction of sp³-hybridized carbons (Fsp3) is 0.235. The Labute approximate surface area is 143 Å².